The minimum absolute atomic E-state index is 0.569. The van der Waals surface area contributed by atoms with Gasteiger partial charge in [0.2, 0.25) is 5.88 Å². The fourth-order valence-corrected chi connectivity index (χ4v) is 1.97. The molecule has 2 heterocycles. The molecule has 88 valence electrons. The summed E-state index contributed by atoms with van der Waals surface area (Å²) in [7, 11) is 1.66. The Morgan fingerprint density at radius 2 is 2.19 bits per heavy atom. The Hall–Kier alpha value is -1.20. The van der Waals surface area contributed by atoms with E-state index in [1.165, 1.54) is 0 Å². The van der Waals surface area contributed by atoms with Crippen molar-refractivity contribution >= 4 is 0 Å². The minimum Gasteiger partial charge on any atom is -0.481 e. The van der Waals surface area contributed by atoms with Crippen LogP contribution in [0.5, 0.6) is 5.88 Å². The molecule has 0 spiro atoms. The largest absolute Gasteiger partial charge is 0.481 e. The zero-order valence-electron chi connectivity index (χ0n) is 9.86. The predicted molar refractivity (Wildman–Crippen MR) is 61.1 cm³/mol. The van der Waals surface area contributed by atoms with Crippen molar-refractivity contribution in [2.45, 2.75) is 26.4 Å². The van der Waals surface area contributed by atoms with Gasteiger partial charge in [0, 0.05) is 19.5 Å². The average Bonchev–Trinajstić information content (AvgIpc) is 2.71. The van der Waals surface area contributed by atoms with Crippen LogP contribution in [0.25, 0.3) is 0 Å². The van der Waals surface area contributed by atoms with Gasteiger partial charge in [-0.15, -0.1) is 0 Å². The van der Waals surface area contributed by atoms with Gasteiger partial charge in [0.25, 0.3) is 0 Å². The van der Waals surface area contributed by atoms with Gasteiger partial charge >= 0.3 is 0 Å². The SMILES string of the molecule is CCN1Cc2nc(CCN)nc(OC)c2C1. The lowest BCUT2D eigenvalue weighted by Crippen LogP contribution is -2.15. The minimum atomic E-state index is 0.569. The molecule has 1 aromatic rings. The molecule has 1 aliphatic heterocycles. The summed E-state index contributed by atoms with van der Waals surface area (Å²) in [6.07, 6.45) is 0.704. The number of aromatic nitrogens is 2. The first kappa shape index (κ1) is 11.3. The third-order valence-corrected chi connectivity index (χ3v) is 2.86. The van der Waals surface area contributed by atoms with E-state index in [9.17, 15) is 0 Å². The summed E-state index contributed by atoms with van der Waals surface area (Å²) in [6, 6.07) is 0. The highest BCUT2D eigenvalue weighted by atomic mass is 16.5. The second kappa shape index (κ2) is 4.76. The number of rotatable bonds is 4. The van der Waals surface area contributed by atoms with Gasteiger partial charge in [0.15, 0.2) is 0 Å². The molecule has 2 rings (SSSR count). The molecule has 0 aliphatic carbocycles. The number of nitrogens with zero attached hydrogens (tertiary/aromatic N) is 3. The van der Waals surface area contributed by atoms with Crippen LogP contribution in [0.1, 0.15) is 24.0 Å². The van der Waals surface area contributed by atoms with Crippen molar-refractivity contribution in [2.75, 3.05) is 20.2 Å². The van der Waals surface area contributed by atoms with Crippen molar-refractivity contribution in [3.05, 3.63) is 17.1 Å². The second-order valence-corrected chi connectivity index (χ2v) is 3.92. The van der Waals surface area contributed by atoms with Crippen LogP contribution in [0, 0.1) is 0 Å². The van der Waals surface area contributed by atoms with Gasteiger partial charge < -0.3 is 10.5 Å². The monoisotopic (exact) mass is 222 g/mol. The molecule has 0 unspecified atom stereocenters. The molecule has 1 aliphatic rings. The first-order valence-corrected chi connectivity index (χ1v) is 5.63. The predicted octanol–water partition coefficient (Wildman–Crippen LogP) is 0.322. The third-order valence-electron chi connectivity index (χ3n) is 2.86. The first-order chi connectivity index (χ1) is 7.78. The van der Waals surface area contributed by atoms with E-state index < -0.39 is 0 Å². The van der Waals surface area contributed by atoms with E-state index in [2.05, 4.69) is 21.8 Å². The van der Waals surface area contributed by atoms with Crippen molar-refractivity contribution < 1.29 is 4.74 Å². The molecule has 5 nitrogen and oxygen atoms in total. The third kappa shape index (κ3) is 2.01. The van der Waals surface area contributed by atoms with E-state index in [4.69, 9.17) is 10.5 Å². The molecular weight excluding hydrogens is 204 g/mol. The van der Waals surface area contributed by atoms with Crippen molar-refractivity contribution in [3.63, 3.8) is 0 Å². The zero-order valence-corrected chi connectivity index (χ0v) is 9.86. The van der Waals surface area contributed by atoms with Crippen LogP contribution in [0.15, 0.2) is 0 Å². The van der Waals surface area contributed by atoms with Crippen LogP contribution in [0.3, 0.4) is 0 Å². The highest BCUT2D eigenvalue weighted by Crippen LogP contribution is 2.27. The molecule has 0 fully saturated rings. The first-order valence-electron chi connectivity index (χ1n) is 5.63. The Balaban J connectivity index is 2.33. The van der Waals surface area contributed by atoms with Gasteiger partial charge in [-0.25, -0.2) is 4.98 Å². The normalized spacial score (nSPS) is 15.2. The van der Waals surface area contributed by atoms with Crippen LogP contribution < -0.4 is 10.5 Å². The highest BCUT2D eigenvalue weighted by Gasteiger charge is 2.24. The van der Waals surface area contributed by atoms with Gasteiger partial charge in [-0.1, -0.05) is 6.92 Å². The van der Waals surface area contributed by atoms with E-state index in [0.29, 0.717) is 18.8 Å². The standard InChI is InChI=1S/C11H18N4O/c1-3-15-6-8-9(7-15)13-10(4-5-12)14-11(8)16-2/h3-7,12H2,1-2H3. The van der Waals surface area contributed by atoms with Gasteiger partial charge in [0.1, 0.15) is 5.82 Å². The van der Waals surface area contributed by atoms with Crippen LogP contribution in [-0.2, 0) is 19.5 Å². The van der Waals surface area contributed by atoms with Gasteiger partial charge in [0.05, 0.1) is 18.4 Å². The molecule has 5 heteroatoms. The van der Waals surface area contributed by atoms with Crippen LogP contribution >= 0.6 is 0 Å². The number of fused-ring (bicyclic) bond motifs is 1. The molecule has 0 atom stereocenters. The maximum atomic E-state index is 5.52. The molecule has 0 amide bonds. The fourth-order valence-electron chi connectivity index (χ4n) is 1.97. The summed E-state index contributed by atoms with van der Waals surface area (Å²) in [5.41, 5.74) is 7.74. The molecule has 0 bridgehead atoms. The highest BCUT2D eigenvalue weighted by molar-refractivity contribution is 5.34. The molecular formula is C11H18N4O. The number of hydrogen-bond donors (Lipinski definition) is 1. The molecule has 0 saturated heterocycles. The lowest BCUT2D eigenvalue weighted by molar-refractivity contribution is 0.295. The molecule has 2 N–H and O–H groups in total. The number of nitrogens with two attached hydrogens (primary N) is 1. The summed E-state index contributed by atoms with van der Waals surface area (Å²) in [6.45, 7) is 5.51. The summed E-state index contributed by atoms with van der Waals surface area (Å²) < 4.78 is 5.32. The summed E-state index contributed by atoms with van der Waals surface area (Å²) in [5.74, 6) is 1.50. The van der Waals surface area contributed by atoms with Crippen molar-refractivity contribution in [2.24, 2.45) is 5.73 Å². The van der Waals surface area contributed by atoms with Gasteiger partial charge in [-0.3, -0.25) is 4.90 Å². The average molecular weight is 222 g/mol. The van der Waals surface area contributed by atoms with Gasteiger partial charge in [-0.05, 0) is 13.1 Å². The van der Waals surface area contributed by atoms with Crippen molar-refractivity contribution in [3.8, 4) is 5.88 Å². The Morgan fingerprint density at radius 3 is 2.81 bits per heavy atom. The van der Waals surface area contributed by atoms with E-state index in [-0.39, 0.29) is 0 Å². The van der Waals surface area contributed by atoms with E-state index in [1.807, 2.05) is 0 Å². The maximum Gasteiger partial charge on any atom is 0.221 e. The summed E-state index contributed by atoms with van der Waals surface area (Å²) in [4.78, 5) is 11.2. The van der Waals surface area contributed by atoms with Gasteiger partial charge in [-0.2, -0.15) is 4.98 Å². The summed E-state index contributed by atoms with van der Waals surface area (Å²) >= 11 is 0. The Kier molecular flexibility index (Phi) is 3.36. The van der Waals surface area contributed by atoms with Crippen LogP contribution in [-0.4, -0.2) is 35.1 Å². The van der Waals surface area contributed by atoms with Crippen molar-refractivity contribution in [1.29, 1.82) is 0 Å². The fraction of sp³-hybridized carbons (Fsp3) is 0.636. The summed E-state index contributed by atoms with van der Waals surface area (Å²) in [5, 5.41) is 0. The number of methoxy groups -OCH3 is 1. The zero-order chi connectivity index (χ0) is 11.5. The van der Waals surface area contributed by atoms with E-state index >= 15 is 0 Å². The molecule has 0 saturated carbocycles. The lowest BCUT2D eigenvalue weighted by Gasteiger charge is -2.09. The molecule has 0 aromatic carbocycles. The van der Waals surface area contributed by atoms with Crippen LogP contribution in [0.2, 0.25) is 0 Å². The quantitative estimate of drug-likeness (QED) is 0.795. The topological polar surface area (TPSA) is 64.3 Å². The Labute approximate surface area is 95.6 Å². The maximum absolute atomic E-state index is 5.52. The molecule has 0 radical (unpaired) electrons. The van der Waals surface area contributed by atoms with E-state index in [1.54, 1.807) is 7.11 Å². The van der Waals surface area contributed by atoms with Crippen molar-refractivity contribution in [1.82, 2.24) is 14.9 Å². The number of hydrogen-bond acceptors (Lipinski definition) is 5. The molecule has 1 aromatic heterocycles. The number of ether oxygens (including phenoxy) is 1. The molecule has 16 heavy (non-hydrogen) atoms. The van der Waals surface area contributed by atoms with E-state index in [0.717, 1.165) is 36.7 Å². The van der Waals surface area contributed by atoms with Crippen LogP contribution in [0.4, 0.5) is 0 Å². The smallest absolute Gasteiger partial charge is 0.221 e. The second-order valence-electron chi connectivity index (χ2n) is 3.92. The Bertz CT molecular complexity index is 380. The Morgan fingerprint density at radius 1 is 1.38 bits per heavy atom. The lowest BCUT2D eigenvalue weighted by atomic mass is 10.2.